The third-order valence-electron chi connectivity index (χ3n) is 4.89. The predicted molar refractivity (Wildman–Crippen MR) is 104 cm³/mol. The number of carbonyl (C=O) groups is 1. The number of anilines is 3. The molecule has 1 aliphatic heterocycles. The van der Waals surface area contributed by atoms with Gasteiger partial charge in [-0.2, -0.15) is 13.2 Å². The molecule has 148 valence electrons. The second-order valence-corrected chi connectivity index (χ2v) is 6.94. The maximum atomic E-state index is 12.7. The highest BCUT2D eigenvalue weighted by molar-refractivity contribution is 6.05. The molecule has 0 radical (unpaired) electrons. The van der Waals surface area contributed by atoms with E-state index < -0.39 is 23.2 Å². The van der Waals surface area contributed by atoms with Crippen molar-refractivity contribution in [3.05, 3.63) is 89.5 Å². The molecule has 1 amide bonds. The molecule has 1 aliphatic rings. The Bertz CT molecular complexity index is 1050. The number of benzene rings is 3. The molecule has 0 saturated carbocycles. The van der Waals surface area contributed by atoms with E-state index in [1.807, 2.05) is 30.3 Å². The molecule has 3 aromatic rings. The van der Waals surface area contributed by atoms with E-state index >= 15 is 0 Å². The fourth-order valence-electron chi connectivity index (χ4n) is 3.40. The Morgan fingerprint density at radius 2 is 1.59 bits per heavy atom. The Hall–Kier alpha value is -3.32. The molecule has 7 heteroatoms. The zero-order chi connectivity index (χ0) is 20.6. The van der Waals surface area contributed by atoms with E-state index in [1.165, 1.54) is 12.1 Å². The highest BCUT2D eigenvalue weighted by Crippen LogP contribution is 2.40. The molecule has 0 bridgehead atoms. The summed E-state index contributed by atoms with van der Waals surface area (Å²) in [6, 6.07) is 18.8. The largest absolute Gasteiger partial charge is 0.416 e. The number of hydrogen-bond donors (Lipinski definition) is 3. The van der Waals surface area contributed by atoms with Gasteiger partial charge in [0.2, 0.25) is 0 Å². The zero-order valence-electron chi connectivity index (χ0n) is 15.1. The first kappa shape index (κ1) is 19.0. The molecule has 0 spiro atoms. The lowest BCUT2D eigenvalue weighted by atomic mass is 9.88. The van der Waals surface area contributed by atoms with Crippen molar-refractivity contribution in [2.24, 2.45) is 0 Å². The van der Waals surface area contributed by atoms with Crippen LogP contribution in [0.1, 0.15) is 16.7 Å². The Morgan fingerprint density at radius 1 is 0.931 bits per heavy atom. The second-order valence-electron chi connectivity index (χ2n) is 6.94. The lowest BCUT2D eigenvalue weighted by molar-refractivity contribution is -0.137. The van der Waals surface area contributed by atoms with Gasteiger partial charge in [0, 0.05) is 29.0 Å². The Morgan fingerprint density at radius 3 is 2.24 bits per heavy atom. The standard InChI is InChI=1S/C22H17F3N2O2/c23-22(24,25)15-6-8-16(9-7-15)26-17-10-11-19-18(12-17)21(29,20(28)27-19)13-14-4-2-1-3-5-14/h1-12,26,29H,13H2,(H,27,28). The van der Waals surface area contributed by atoms with Gasteiger partial charge in [-0.25, -0.2) is 0 Å². The van der Waals surface area contributed by atoms with Gasteiger partial charge in [-0.1, -0.05) is 30.3 Å². The molecule has 0 saturated heterocycles. The van der Waals surface area contributed by atoms with Gasteiger partial charge in [0.1, 0.15) is 0 Å². The Kier molecular flexibility index (Phi) is 4.55. The number of amides is 1. The topological polar surface area (TPSA) is 61.4 Å². The summed E-state index contributed by atoms with van der Waals surface area (Å²) in [5.74, 6) is -0.511. The maximum Gasteiger partial charge on any atom is 0.416 e. The summed E-state index contributed by atoms with van der Waals surface area (Å²) < 4.78 is 38.1. The average Bonchev–Trinajstić information content (AvgIpc) is 2.92. The number of nitrogens with one attached hydrogen (secondary N) is 2. The molecular weight excluding hydrogens is 381 g/mol. The van der Waals surface area contributed by atoms with Crippen LogP contribution < -0.4 is 10.6 Å². The fourth-order valence-corrected chi connectivity index (χ4v) is 3.40. The summed E-state index contributed by atoms with van der Waals surface area (Å²) in [6.07, 6.45) is -4.29. The molecule has 4 rings (SSSR count). The minimum Gasteiger partial charge on any atom is -0.375 e. The number of rotatable bonds is 4. The summed E-state index contributed by atoms with van der Waals surface area (Å²) in [6.45, 7) is 0. The van der Waals surface area contributed by atoms with Crippen LogP contribution in [0, 0.1) is 0 Å². The van der Waals surface area contributed by atoms with Gasteiger partial charge in [-0.3, -0.25) is 4.79 Å². The number of fused-ring (bicyclic) bond motifs is 1. The monoisotopic (exact) mass is 398 g/mol. The lowest BCUT2D eigenvalue weighted by Gasteiger charge is -2.21. The van der Waals surface area contributed by atoms with Crippen LogP contribution in [0.4, 0.5) is 30.2 Å². The van der Waals surface area contributed by atoms with Crippen molar-refractivity contribution in [3.63, 3.8) is 0 Å². The lowest BCUT2D eigenvalue weighted by Crippen LogP contribution is -2.36. The van der Waals surface area contributed by atoms with Gasteiger partial charge in [-0.05, 0) is 48.0 Å². The van der Waals surface area contributed by atoms with E-state index in [1.54, 1.807) is 18.2 Å². The van der Waals surface area contributed by atoms with Crippen LogP contribution >= 0.6 is 0 Å². The first-order valence-electron chi connectivity index (χ1n) is 8.92. The van der Waals surface area contributed by atoms with Gasteiger partial charge in [0.25, 0.3) is 5.91 Å². The summed E-state index contributed by atoms with van der Waals surface area (Å²) in [7, 11) is 0. The molecule has 1 heterocycles. The quantitative estimate of drug-likeness (QED) is 0.590. The summed E-state index contributed by atoms with van der Waals surface area (Å²) in [5, 5.41) is 16.8. The number of carbonyl (C=O) groups excluding carboxylic acids is 1. The van der Waals surface area contributed by atoms with Crippen LogP contribution in [0.3, 0.4) is 0 Å². The van der Waals surface area contributed by atoms with E-state index in [4.69, 9.17) is 0 Å². The molecular formula is C22H17F3N2O2. The number of aliphatic hydroxyl groups is 1. The predicted octanol–water partition coefficient (Wildman–Crippen LogP) is 4.83. The zero-order valence-corrected chi connectivity index (χ0v) is 15.1. The third kappa shape index (κ3) is 3.69. The van der Waals surface area contributed by atoms with Crippen LogP contribution in [0.25, 0.3) is 0 Å². The smallest absolute Gasteiger partial charge is 0.375 e. The van der Waals surface area contributed by atoms with Crippen LogP contribution in [0.2, 0.25) is 0 Å². The van der Waals surface area contributed by atoms with Gasteiger partial charge < -0.3 is 15.7 Å². The molecule has 4 nitrogen and oxygen atoms in total. The van der Waals surface area contributed by atoms with Gasteiger partial charge in [0.15, 0.2) is 5.60 Å². The minimum absolute atomic E-state index is 0.108. The molecule has 3 aromatic carbocycles. The Labute approximate surface area is 165 Å². The third-order valence-corrected chi connectivity index (χ3v) is 4.89. The van der Waals surface area contributed by atoms with Crippen LogP contribution in [-0.4, -0.2) is 11.0 Å². The highest BCUT2D eigenvalue weighted by atomic mass is 19.4. The fraction of sp³-hybridized carbons (Fsp3) is 0.136. The minimum atomic E-state index is -4.40. The normalized spacial score (nSPS) is 18.3. The molecule has 1 atom stereocenters. The number of hydrogen-bond acceptors (Lipinski definition) is 3. The van der Waals surface area contributed by atoms with Crippen molar-refractivity contribution in [2.75, 3.05) is 10.6 Å². The van der Waals surface area contributed by atoms with Crippen molar-refractivity contribution >= 4 is 23.0 Å². The summed E-state index contributed by atoms with van der Waals surface area (Å²) in [5.41, 5.74) is 0.278. The summed E-state index contributed by atoms with van der Waals surface area (Å²) >= 11 is 0. The van der Waals surface area contributed by atoms with Crippen molar-refractivity contribution in [2.45, 2.75) is 18.2 Å². The molecule has 3 N–H and O–H groups in total. The second kappa shape index (κ2) is 6.93. The number of alkyl halides is 3. The first-order valence-corrected chi connectivity index (χ1v) is 8.92. The van der Waals surface area contributed by atoms with E-state index in [-0.39, 0.29) is 6.42 Å². The van der Waals surface area contributed by atoms with Crippen LogP contribution in [-0.2, 0) is 23.0 Å². The molecule has 0 aliphatic carbocycles. The van der Waals surface area contributed by atoms with E-state index in [9.17, 15) is 23.1 Å². The summed E-state index contributed by atoms with van der Waals surface area (Å²) in [4.78, 5) is 12.5. The van der Waals surface area contributed by atoms with Crippen LogP contribution in [0.5, 0.6) is 0 Å². The molecule has 0 fully saturated rings. The van der Waals surface area contributed by atoms with E-state index in [2.05, 4.69) is 10.6 Å². The van der Waals surface area contributed by atoms with Crippen molar-refractivity contribution in [1.82, 2.24) is 0 Å². The number of halogens is 3. The van der Waals surface area contributed by atoms with Gasteiger partial charge >= 0.3 is 6.18 Å². The van der Waals surface area contributed by atoms with E-state index in [0.717, 1.165) is 17.7 Å². The molecule has 29 heavy (non-hydrogen) atoms. The average molecular weight is 398 g/mol. The van der Waals surface area contributed by atoms with Crippen LogP contribution in [0.15, 0.2) is 72.8 Å². The van der Waals surface area contributed by atoms with Gasteiger partial charge in [-0.15, -0.1) is 0 Å². The Balaban J connectivity index is 1.61. The molecule has 0 aromatic heterocycles. The first-order chi connectivity index (χ1) is 13.8. The van der Waals surface area contributed by atoms with Gasteiger partial charge in [0.05, 0.1) is 5.56 Å². The van der Waals surface area contributed by atoms with Crippen molar-refractivity contribution in [3.8, 4) is 0 Å². The van der Waals surface area contributed by atoms with Crippen molar-refractivity contribution < 1.29 is 23.1 Å². The highest BCUT2D eigenvalue weighted by Gasteiger charge is 2.45. The van der Waals surface area contributed by atoms with Crippen molar-refractivity contribution in [1.29, 1.82) is 0 Å². The SMILES string of the molecule is O=C1Nc2ccc(Nc3ccc(C(F)(F)F)cc3)cc2C1(O)Cc1ccccc1. The van der Waals surface area contributed by atoms with E-state index in [0.29, 0.717) is 22.6 Å². The molecule has 1 unspecified atom stereocenters. The maximum absolute atomic E-state index is 12.7.